The van der Waals surface area contributed by atoms with Crippen LogP contribution in [0.1, 0.15) is 15.9 Å². The highest BCUT2D eigenvalue weighted by Gasteiger charge is 2.08. The van der Waals surface area contributed by atoms with E-state index in [-0.39, 0.29) is 5.56 Å². The van der Waals surface area contributed by atoms with E-state index in [4.69, 9.17) is 9.90 Å². The van der Waals surface area contributed by atoms with E-state index in [0.29, 0.717) is 15.0 Å². The summed E-state index contributed by atoms with van der Waals surface area (Å²) in [5.41, 5.74) is 3.38. The van der Waals surface area contributed by atoms with Gasteiger partial charge in [0.05, 0.1) is 22.1 Å². The van der Waals surface area contributed by atoms with Crippen LogP contribution >= 0.6 is 20.1 Å². The van der Waals surface area contributed by atoms with Gasteiger partial charge in [-0.15, -0.1) is 0 Å². The van der Waals surface area contributed by atoms with Gasteiger partial charge in [0, 0.05) is 44.7 Å². The standard InChI is InChI=1S/C19H17N4O2PS.CH2O/c1-23-10-13(14-4-2-3-5-16(14)23)9-21-26-11-20-19-22-15-7-6-12(18(24)25)8-17(15)27-19;1-2/h2-10,26H,11H2,1H3,(H,20,22)(H,24,25);1H2/b21-9+;. The molecule has 0 saturated heterocycles. The molecule has 0 aliphatic rings. The molecule has 4 aromatic rings. The van der Waals surface area contributed by atoms with Gasteiger partial charge in [0.25, 0.3) is 0 Å². The van der Waals surface area contributed by atoms with E-state index < -0.39 is 5.97 Å². The molecule has 148 valence electrons. The van der Waals surface area contributed by atoms with Gasteiger partial charge in [0.1, 0.15) is 6.79 Å². The van der Waals surface area contributed by atoms with Crippen molar-refractivity contribution in [1.29, 1.82) is 0 Å². The van der Waals surface area contributed by atoms with Crippen molar-refractivity contribution in [3.63, 3.8) is 0 Å². The minimum absolute atomic E-state index is 0.277. The van der Waals surface area contributed by atoms with Crippen LogP contribution in [0, 0.1) is 0 Å². The highest BCUT2D eigenvalue weighted by molar-refractivity contribution is 7.36. The number of carboxylic acids is 1. The van der Waals surface area contributed by atoms with Crippen LogP contribution in [0.5, 0.6) is 0 Å². The summed E-state index contributed by atoms with van der Waals surface area (Å²) in [5.74, 6) is -0.927. The molecule has 0 spiro atoms. The molecule has 2 heterocycles. The van der Waals surface area contributed by atoms with E-state index in [1.807, 2.05) is 32.2 Å². The average molecular weight is 426 g/mol. The number of para-hydroxylation sites is 1. The predicted molar refractivity (Wildman–Crippen MR) is 121 cm³/mol. The maximum atomic E-state index is 11.0. The number of hydrogen-bond acceptors (Lipinski definition) is 6. The highest BCUT2D eigenvalue weighted by atomic mass is 32.1. The molecular weight excluding hydrogens is 407 g/mol. The molecule has 7 nitrogen and oxygen atoms in total. The van der Waals surface area contributed by atoms with E-state index in [1.54, 1.807) is 18.2 Å². The van der Waals surface area contributed by atoms with Gasteiger partial charge in [-0.2, -0.15) is 0 Å². The van der Waals surface area contributed by atoms with Crippen LogP contribution in [-0.2, 0) is 11.8 Å². The number of aromatic carboxylic acids is 1. The van der Waals surface area contributed by atoms with Crippen molar-refractivity contribution in [3.05, 3.63) is 59.8 Å². The van der Waals surface area contributed by atoms with Crippen molar-refractivity contribution in [2.45, 2.75) is 0 Å². The molecule has 1 atom stereocenters. The fourth-order valence-corrected chi connectivity index (χ4v) is 4.48. The summed E-state index contributed by atoms with van der Waals surface area (Å²) < 4.78 is 7.50. The van der Waals surface area contributed by atoms with Crippen molar-refractivity contribution in [2.24, 2.45) is 11.8 Å². The zero-order chi connectivity index (χ0) is 20.8. The third-order valence-electron chi connectivity index (χ3n) is 4.18. The SMILES string of the molecule is C=O.Cn1cc(/C=N/PCNc2nc3ccc(C(=O)O)cc3s2)c2ccccc21. The Morgan fingerprint density at radius 2 is 2.14 bits per heavy atom. The Labute approximate surface area is 172 Å². The van der Waals surface area contributed by atoms with Crippen LogP contribution in [0.2, 0.25) is 0 Å². The monoisotopic (exact) mass is 426 g/mol. The molecule has 0 bridgehead atoms. The number of carbonyl (C=O) groups is 2. The molecule has 0 saturated carbocycles. The lowest BCUT2D eigenvalue weighted by molar-refractivity contribution is -0.0980. The normalized spacial score (nSPS) is 11.3. The number of carboxylic acid groups (broad SMARTS) is 1. The summed E-state index contributed by atoms with van der Waals surface area (Å²) in [6, 6.07) is 13.2. The van der Waals surface area contributed by atoms with Crippen LogP contribution in [0.25, 0.3) is 21.1 Å². The zero-order valence-electron chi connectivity index (χ0n) is 15.6. The number of hydrogen-bond donors (Lipinski definition) is 2. The number of nitrogens with zero attached hydrogens (tertiary/aromatic N) is 3. The first-order valence-corrected chi connectivity index (χ1v) is 10.6. The fraction of sp³-hybridized carbons (Fsp3) is 0.100. The van der Waals surface area contributed by atoms with Crippen LogP contribution in [0.15, 0.2) is 53.4 Å². The maximum Gasteiger partial charge on any atom is 0.335 e. The number of nitrogens with one attached hydrogen (secondary N) is 1. The first-order chi connectivity index (χ1) is 14.1. The lowest BCUT2D eigenvalue weighted by atomic mass is 10.2. The average Bonchev–Trinajstić information content (AvgIpc) is 3.29. The highest BCUT2D eigenvalue weighted by Crippen LogP contribution is 2.28. The van der Waals surface area contributed by atoms with Gasteiger partial charge in [-0.25, -0.2) is 9.78 Å². The Morgan fingerprint density at radius 1 is 1.34 bits per heavy atom. The Kier molecular flexibility index (Phi) is 6.69. The second-order valence-electron chi connectivity index (χ2n) is 5.99. The van der Waals surface area contributed by atoms with E-state index >= 15 is 0 Å². The quantitative estimate of drug-likeness (QED) is 0.271. The lowest BCUT2D eigenvalue weighted by Gasteiger charge is -1.97. The minimum Gasteiger partial charge on any atom is -0.478 e. The van der Waals surface area contributed by atoms with E-state index in [0.717, 1.165) is 20.9 Å². The first kappa shape index (κ1) is 20.6. The Bertz CT molecular complexity index is 1190. The summed E-state index contributed by atoms with van der Waals surface area (Å²) in [4.78, 5) is 23.5. The van der Waals surface area contributed by atoms with E-state index in [9.17, 15) is 4.79 Å². The summed E-state index contributed by atoms with van der Waals surface area (Å²) in [5, 5.41) is 14.3. The Balaban J connectivity index is 0.00000117. The molecule has 2 aromatic carbocycles. The molecule has 0 amide bonds. The number of aromatic nitrogens is 2. The van der Waals surface area contributed by atoms with Crippen LogP contribution in [0.4, 0.5) is 5.13 Å². The second kappa shape index (κ2) is 9.41. The topological polar surface area (TPSA) is 96.6 Å². The molecule has 2 N–H and O–H groups in total. The van der Waals surface area contributed by atoms with Crippen molar-refractivity contribution < 1.29 is 14.7 Å². The largest absolute Gasteiger partial charge is 0.478 e. The maximum absolute atomic E-state index is 11.0. The summed E-state index contributed by atoms with van der Waals surface area (Å²) in [6.45, 7) is 2.00. The number of thiazole rings is 1. The lowest BCUT2D eigenvalue weighted by Crippen LogP contribution is -1.94. The van der Waals surface area contributed by atoms with Crippen molar-refractivity contribution in [1.82, 2.24) is 9.55 Å². The van der Waals surface area contributed by atoms with Gasteiger partial charge in [-0.1, -0.05) is 29.5 Å². The third-order valence-corrected chi connectivity index (χ3v) is 5.80. The fourth-order valence-electron chi connectivity index (χ4n) is 2.89. The third kappa shape index (κ3) is 4.67. The number of rotatable bonds is 6. The number of carbonyl (C=O) groups excluding carboxylic acids is 1. The van der Waals surface area contributed by atoms with Crippen molar-refractivity contribution in [2.75, 3.05) is 11.6 Å². The van der Waals surface area contributed by atoms with Gasteiger partial charge >= 0.3 is 5.97 Å². The molecular formula is C20H19N4O3PS. The minimum atomic E-state index is -0.927. The van der Waals surface area contributed by atoms with Crippen LogP contribution in [0.3, 0.4) is 0 Å². The second-order valence-corrected chi connectivity index (χ2v) is 7.95. The van der Waals surface area contributed by atoms with Crippen LogP contribution < -0.4 is 5.32 Å². The molecule has 4 rings (SSSR count). The number of fused-ring (bicyclic) bond motifs is 2. The molecule has 0 aliphatic carbocycles. The molecule has 0 radical (unpaired) electrons. The zero-order valence-corrected chi connectivity index (χ0v) is 17.4. The summed E-state index contributed by atoms with van der Waals surface area (Å²) in [6.07, 6.45) is 4.69. The molecule has 1 unspecified atom stereocenters. The molecule has 29 heavy (non-hydrogen) atoms. The van der Waals surface area contributed by atoms with E-state index in [2.05, 4.69) is 38.0 Å². The Hall–Kier alpha value is -3.09. The van der Waals surface area contributed by atoms with Crippen molar-refractivity contribution >= 4 is 65.3 Å². The number of anilines is 1. The predicted octanol–water partition coefficient (Wildman–Crippen LogP) is 4.38. The van der Waals surface area contributed by atoms with Crippen LogP contribution in [-0.4, -0.2) is 39.9 Å². The van der Waals surface area contributed by atoms with Crippen molar-refractivity contribution in [3.8, 4) is 0 Å². The summed E-state index contributed by atoms with van der Waals surface area (Å²) >= 11 is 1.45. The van der Waals surface area contributed by atoms with Gasteiger partial charge in [-0.3, -0.25) is 4.76 Å². The Morgan fingerprint density at radius 3 is 2.93 bits per heavy atom. The summed E-state index contributed by atoms with van der Waals surface area (Å²) in [7, 11) is 2.40. The molecule has 0 aliphatic heterocycles. The molecule has 2 aromatic heterocycles. The van der Waals surface area contributed by atoms with Gasteiger partial charge < -0.3 is 19.8 Å². The van der Waals surface area contributed by atoms with E-state index in [1.165, 1.54) is 22.2 Å². The van der Waals surface area contributed by atoms with Gasteiger partial charge in [-0.05, 0) is 24.3 Å². The van der Waals surface area contributed by atoms with Gasteiger partial charge in [0.15, 0.2) is 5.13 Å². The molecule has 9 heteroatoms. The number of benzene rings is 2. The van der Waals surface area contributed by atoms with Gasteiger partial charge in [0.2, 0.25) is 0 Å². The smallest absolute Gasteiger partial charge is 0.335 e. The molecule has 0 fully saturated rings. The number of aryl methyl sites for hydroxylation is 1. The first-order valence-electron chi connectivity index (χ1n) is 8.58.